The number of benzene rings is 1. The van der Waals surface area contributed by atoms with Gasteiger partial charge in [0, 0.05) is 5.56 Å². The number of cyclic esters (lactones) is 1. The van der Waals surface area contributed by atoms with Gasteiger partial charge in [0.25, 0.3) is 0 Å². The summed E-state index contributed by atoms with van der Waals surface area (Å²) >= 11 is 0. The third-order valence-corrected chi connectivity index (χ3v) is 4.23. The smallest absolute Gasteiger partial charge is 0.475 e. The molecule has 2 aliphatic heterocycles. The van der Waals surface area contributed by atoms with Crippen LogP contribution in [0.25, 0.3) is 0 Å². The molecule has 5 nitrogen and oxygen atoms in total. The average molecular weight is 345 g/mol. The fourth-order valence-electron chi connectivity index (χ4n) is 2.94. The highest BCUT2D eigenvalue weighted by Crippen LogP contribution is 2.33. The standard InChI is InChI=1S/C14H17NO2.C2HF3O2/c1-9-11(10-4-6-15-7-5-10)2-3-12-13(9)8-17-14(12)16;3-2(4,5)1(6)7/h2-3,10,15H,4-8H2,1H3;(H,6,7). The monoisotopic (exact) mass is 345 g/mol. The first-order chi connectivity index (χ1) is 11.2. The normalized spacial score (nSPS) is 17.6. The van der Waals surface area contributed by atoms with E-state index in [0.29, 0.717) is 12.5 Å². The molecule has 24 heavy (non-hydrogen) atoms. The van der Waals surface area contributed by atoms with E-state index in [2.05, 4.69) is 18.3 Å². The first-order valence-corrected chi connectivity index (χ1v) is 7.52. The number of halogens is 3. The van der Waals surface area contributed by atoms with Crippen molar-refractivity contribution in [1.29, 1.82) is 0 Å². The molecule has 0 atom stereocenters. The Labute approximate surface area is 136 Å². The molecule has 0 saturated carbocycles. The number of alkyl halides is 3. The van der Waals surface area contributed by atoms with Crippen LogP contribution in [-0.4, -0.2) is 36.3 Å². The Balaban J connectivity index is 0.000000256. The Hall–Kier alpha value is -2.09. The topological polar surface area (TPSA) is 75.6 Å². The van der Waals surface area contributed by atoms with E-state index in [1.807, 2.05) is 6.07 Å². The summed E-state index contributed by atoms with van der Waals surface area (Å²) in [4.78, 5) is 20.4. The molecule has 0 amide bonds. The van der Waals surface area contributed by atoms with Gasteiger partial charge in [0.1, 0.15) is 6.61 Å². The molecule has 132 valence electrons. The number of carbonyl (C=O) groups is 2. The van der Waals surface area contributed by atoms with E-state index in [1.165, 1.54) is 24.0 Å². The van der Waals surface area contributed by atoms with Crippen LogP contribution >= 0.6 is 0 Å². The largest absolute Gasteiger partial charge is 0.490 e. The Morgan fingerprint density at radius 3 is 2.42 bits per heavy atom. The van der Waals surface area contributed by atoms with Crippen molar-refractivity contribution in [2.75, 3.05) is 13.1 Å². The molecule has 1 aromatic carbocycles. The van der Waals surface area contributed by atoms with Crippen molar-refractivity contribution in [3.8, 4) is 0 Å². The second kappa shape index (κ2) is 7.21. The quantitative estimate of drug-likeness (QED) is 0.766. The number of ether oxygens (including phenoxy) is 1. The van der Waals surface area contributed by atoms with Crippen LogP contribution in [-0.2, 0) is 16.1 Å². The van der Waals surface area contributed by atoms with E-state index in [1.54, 1.807) is 0 Å². The molecule has 0 aromatic heterocycles. The van der Waals surface area contributed by atoms with Crippen molar-refractivity contribution >= 4 is 11.9 Å². The van der Waals surface area contributed by atoms with Gasteiger partial charge in [0.15, 0.2) is 0 Å². The summed E-state index contributed by atoms with van der Waals surface area (Å²) in [6.45, 7) is 4.77. The van der Waals surface area contributed by atoms with Gasteiger partial charge in [0.05, 0.1) is 5.56 Å². The fraction of sp³-hybridized carbons (Fsp3) is 0.500. The minimum Gasteiger partial charge on any atom is -0.475 e. The van der Waals surface area contributed by atoms with Crippen LogP contribution in [0.1, 0.15) is 45.8 Å². The predicted octanol–water partition coefficient (Wildman–Crippen LogP) is 2.77. The van der Waals surface area contributed by atoms with Crippen LogP contribution in [0, 0.1) is 6.92 Å². The minimum atomic E-state index is -5.08. The molecule has 8 heteroatoms. The van der Waals surface area contributed by atoms with E-state index in [4.69, 9.17) is 14.6 Å². The lowest BCUT2D eigenvalue weighted by Gasteiger charge is -2.25. The average Bonchev–Trinajstić information content (AvgIpc) is 2.91. The van der Waals surface area contributed by atoms with Gasteiger partial charge < -0.3 is 15.2 Å². The Morgan fingerprint density at radius 2 is 1.88 bits per heavy atom. The lowest BCUT2D eigenvalue weighted by Crippen LogP contribution is -2.27. The number of nitrogens with one attached hydrogen (secondary N) is 1. The highest BCUT2D eigenvalue weighted by Gasteiger charge is 2.38. The zero-order chi connectivity index (χ0) is 17.9. The van der Waals surface area contributed by atoms with Crippen LogP contribution in [0.4, 0.5) is 13.2 Å². The predicted molar refractivity (Wildman–Crippen MR) is 78.8 cm³/mol. The summed E-state index contributed by atoms with van der Waals surface area (Å²) in [6.07, 6.45) is -2.71. The summed E-state index contributed by atoms with van der Waals surface area (Å²) in [5, 5.41) is 10.5. The second-order valence-electron chi connectivity index (χ2n) is 5.71. The van der Waals surface area contributed by atoms with Crippen LogP contribution in [0.15, 0.2) is 12.1 Å². The molecule has 1 fully saturated rings. The Morgan fingerprint density at radius 1 is 1.29 bits per heavy atom. The molecule has 1 saturated heterocycles. The number of fused-ring (bicyclic) bond motifs is 1. The van der Waals surface area contributed by atoms with E-state index >= 15 is 0 Å². The van der Waals surface area contributed by atoms with Crippen LogP contribution < -0.4 is 5.32 Å². The van der Waals surface area contributed by atoms with Gasteiger partial charge in [-0.1, -0.05) is 6.07 Å². The van der Waals surface area contributed by atoms with Crippen molar-refractivity contribution in [3.63, 3.8) is 0 Å². The van der Waals surface area contributed by atoms with Crippen molar-refractivity contribution in [3.05, 3.63) is 34.4 Å². The maximum atomic E-state index is 11.5. The summed E-state index contributed by atoms with van der Waals surface area (Å²) in [5.41, 5.74) is 4.54. The number of hydrogen-bond donors (Lipinski definition) is 2. The third kappa shape index (κ3) is 4.05. The van der Waals surface area contributed by atoms with E-state index in [-0.39, 0.29) is 5.97 Å². The number of piperidine rings is 1. The van der Waals surface area contributed by atoms with Crippen molar-refractivity contribution in [2.45, 2.75) is 38.5 Å². The van der Waals surface area contributed by atoms with Gasteiger partial charge in [-0.2, -0.15) is 13.2 Å². The molecular weight excluding hydrogens is 327 g/mol. The van der Waals surface area contributed by atoms with Crippen LogP contribution in [0.5, 0.6) is 0 Å². The molecular formula is C16H18F3NO4. The number of carbonyl (C=O) groups excluding carboxylic acids is 1. The van der Waals surface area contributed by atoms with Crippen LogP contribution in [0.3, 0.4) is 0 Å². The van der Waals surface area contributed by atoms with Gasteiger partial charge in [-0.15, -0.1) is 0 Å². The van der Waals surface area contributed by atoms with Gasteiger partial charge in [0.2, 0.25) is 0 Å². The molecule has 0 aliphatic carbocycles. The molecule has 0 bridgehead atoms. The zero-order valence-electron chi connectivity index (χ0n) is 13.1. The zero-order valence-corrected chi connectivity index (χ0v) is 13.1. The summed E-state index contributed by atoms with van der Waals surface area (Å²) < 4.78 is 36.8. The Bertz CT molecular complexity index is 637. The number of esters is 1. The molecule has 2 N–H and O–H groups in total. The van der Waals surface area contributed by atoms with Gasteiger partial charge in [-0.05, 0) is 56.0 Å². The van der Waals surface area contributed by atoms with Gasteiger partial charge >= 0.3 is 18.1 Å². The fourth-order valence-corrected chi connectivity index (χ4v) is 2.94. The molecule has 0 spiro atoms. The molecule has 2 heterocycles. The number of carboxylic acid groups (broad SMARTS) is 1. The van der Waals surface area contributed by atoms with Crippen molar-refractivity contribution < 1.29 is 32.6 Å². The van der Waals surface area contributed by atoms with Crippen molar-refractivity contribution in [1.82, 2.24) is 5.32 Å². The van der Waals surface area contributed by atoms with Gasteiger partial charge in [-0.25, -0.2) is 9.59 Å². The first-order valence-electron chi connectivity index (χ1n) is 7.52. The number of rotatable bonds is 1. The third-order valence-electron chi connectivity index (χ3n) is 4.23. The maximum absolute atomic E-state index is 11.5. The lowest BCUT2D eigenvalue weighted by atomic mass is 9.85. The molecule has 0 radical (unpaired) electrons. The highest BCUT2D eigenvalue weighted by atomic mass is 19.4. The molecule has 3 rings (SSSR count). The minimum absolute atomic E-state index is 0.167. The number of carboxylic acids is 1. The number of hydrogen-bond acceptors (Lipinski definition) is 4. The van der Waals surface area contributed by atoms with Crippen LogP contribution in [0.2, 0.25) is 0 Å². The molecule has 2 aliphatic rings. The SMILES string of the molecule is Cc1c(C2CCNCC2)ccc2c1COC2=O.O=C(O)C(F)(F)F. The van der Waals surface area contributed by atoms with E-state index in [9.17, 15) is 18.0 Å². The summed E-state index contributed by atoms with van der Waals surface area (Å²) in [7, 11) is 0. The summed E-state index contributed by atoms with van der Waals surface area (Å²) in [5.74, 6) is -2.29. The number of aliphatic carboxylic acids is 1. The first kappa shape index (κ1) is 18.3. The highest BCUT2D eigenvalue weighted by molar-refractivity contribution is 5.93. The Kier molecular flexibility index (Phi) is 5.48. The molecule has 1 aromatic rings. The maximum Gasteiger partial charge on any atom is 0.490 e. The van der Waals surface area contributed by atoms with Crippen molar-refractivity contribution in [2.24, 2.45) is 0 Å². The lowest BCUT2D eigenvalue weighted by molar-refractivity contribution is -0.192. The van der Waals surface area contributed by atoms with E-state index < -0.39 is 12.1 Å². The summed E-state index contributed by atoms with van der Waals surface area (Å²) in [6, 6.07) is 4.06. The molecule has 0 unspecified atom stereocenters. The van der Waals surface area contributed by atoms with E-state index in [0.717, 1.165) is 24.2 Å². The second-order valence-corrected chi connectivity index (χ2v) is 5.71. The van der Waals surface area contributed by atoms with Gasteiger partial charge in [-0.3, -0.25) is 0 Å².